The van der Waals surface area contributed by atoms with Gasteiger partial charge in [0.05, 0.1) is 15.2 Å². The zero-order valence-corrected chi connectivity index (χ0v) is 13.3. The first-order valence-corrected chi connectivity index (χ1v) is 8.26. The van der Waals surface area contributed by atoms with Crippen molar-refractivity contribution in [2.24, 2.45) is 5.92 Å². The average Bonchev–Trinajstić information content (AvgIpc) is 2.78. The van der Waals surface area contributed by atoms with E-state index in [0.29, 0.717) is 6.04 Å². The van der Waals surface area contributed by atoms with Crippen molar-refractivity contribution in [1.29, 1.82) is 0 Å². The summed E-state index contributed by atoms with van der Waals surface area (Å²) >= 11 is 1.77. The molecule has 0 radical (unpaired) electrons. The minimum atomic E-state index is 0.537. The Labute approximate surface area is 125 Å². The summed E-state index contributed by atoms with van der Waals surface area (Å²) in [5.74, 6) is 0.782. The number of likely N-dealkylation sites (tertiary alicyclic amines) is 1. The maximum atomic E-state index is 4.52. The second kappa shape index (κ2) is 5.70. The topological polar surface area (TPSA) is 28.2 Å². The summed E-state index contributed by atoms with van der Waals surface area (Å²) in [7, 11) is 2.22. The molecule has 2 heterocycles. The molecule has 1 atom stereocenters. The Morgan fingerprint density at radius 1 is 1.35 bits per heavy atom. The van der Waals surface area contributed by atoms with E-state index in [1.165, 1.54) is 36.3 Å². The Kier molecular flexibility index (Phi) is 3.94. The van der Waals surface area contributed by atoms with Gasteiger partial charge in [-0.05, 0) is 70.9 Å². The molecular weight excluding hydrogens is 266 g/mol. The van der Waals surface area contributed by atoms with Crippen LogP contribution in [-0.2, 0) is 0 Å². The Morgan fingerprint density at radius 3 is 2.85 bits per heavy atom. The van der Waals surface area contributed by atoms with Crippen molar-refractivity contribution in [2.45, 2.75) is 32.7 Å². The fourth-order valence-corrected chi connectivity index (χ4v) is 3.91. The van der Waals surface area contributed by atoms with Crippen molar-refractivity contribution in [2.75, 3.05) is 25.5 Å². The van der Waals surface area contributed by atoms with Crippen molar-refractivity contribution in [1.82, 2.24) is 9.88 Å². The van der Waals surface area contributed by atoms with E-state index in [1.807, 2.05) is 0 Å². The molecule has 3 rings (SSSR count). The number of hydrogen-bond donors (Lipinski definition) is 1. The van der Waals surface area contributed by atoms with E-state index in [2.05, 4.69) is 54.3 Å². The molecule has 0 amide bonds. The number of benzene rings is 1. The van der Waals surface area contributed by atoms with Gasteiger partial charge in [0.15, 0.2) is 0 Å². The lowest BCUT2D eigenvalue weighted by atomic mass is 9.90. The summed E-state index contributed by atoms with van der Waals surface area (Å²) in [6, 6.07) is 7.07. The molecule has 0 spiro atoms. The maximum Gasteiger partial charge on any atom is 0.0907 e. The number of aryl methyl sites for hydroxylation is 1. The van der Waals surface area contributed by atoms with Gasteiger partial charge in [0.1, 0.15) is 0 Å². The molecule has 1 fully saturated rings. The van der Waals surface area contributed by atoms with E-state index in [1.54, 1.807) is 11.3 Å². The highest BCUT2D eigenvalue weighted by Gasteiger charge is 2.22. The number of aromatic nitrogens is 1. The van der Waals surface area contributed by atoms with Crippen LogP contribution in [-0.4, -0.2) is 36.1 Å². The van der Waals surface area contributed by atoms with E-state index >= 15 is 0 Å². The van der Waals surface area contributed by atoms with Crippen molar-refractivity contribution >= 4 is 27.2 Å². The summed E-state index contributed by atoms with van der Waals surface area (Å²) in [5.41, 5.74) is 2.34. The van der Waals surface area contributed by atoms with E-state index in [0.717, 1.165) is 16.4 Å². The second-order valence-electron chi connectivity index (χ2n) is 5.99. The highest BCUT2D eigenvalue weighted by Crippen LogP contribution is 2.27. The number of nitrogens with zero attached hydrogens (tertiary/aromatic N) is 2. The first kappa shape index (κ1) is 13.8. The molecule has 0 saturated carbocycles. The van der Waals surface area contributed by atoms with Crippen LogP contribution < -0.4 is 5.32 Å². The first-order chi connectivity index (χ1) is 9.61. The smallest absolute Gasteiger partial charge is 0.0907 e. The molecule has 1 N–H and O–H groups in total. The van der Waals surface area contributed by atoms with Crippen molar-refractivity contribution in [3.8, 4) is 0 Å². The maximum absolute atomic E-state index is 4.52. The largest absolute Gasteiger partial charge is 0.382 e. The van der Waals surface area contributed by atoms with Gasteiger partial charge >= 0.3 is 0 Å². The monoisotopic (exact) mass is 289 g/mol. The summed E-state index contributed by atoms with van der Waals surface area (Å²) in [5, 5.41) is 4.83. The highest BCUT2D eigenvalue weighted by molar-refractivity contribution is 7.18. The lowest BCUT2D eigenvalue weighted by Gasteiger charge is -2.33. The zero-order valence-electron chi connectivity index (χ0n) is 12.5. The standard InChI is InChI=1S/C16H23N3S/c1-11(13-6-8-19(3)9-7-13)17-14-4-5-15-16(10-14)20-12(2)18-15/h4-5,10-11,13,17H,6-9H2,1-3H3. The van der Waals surface area contributed by atoms with Crippen LogP contribution >= 0.6 is 11.3 Å². The summed E-state index contributed by atoms with van der Waals surface area (Å²) in [4.78, 5) is 6.94. The Bertz CT molecular complexity index is 584. The fourth-order valence-electron chi connectivity index (χ4n) is 3.04. The van der Waals surface area contributed by atoms with Crippen LogP contribution in [0, 0.1) is 12.8 Å². The third kappa shape index (κ3) is 2.96. The van der Waals surface area contributed by atoms with Gasteiger partial charge < -0.3 is 10.2 Å². The number of fused-ring (bicyclic) bond motifs is 1. The lowest BCUT2D eigenvalue weighted by Crippen LogP contribution is -2.37. The van der Waals surface area contributed by atoms with Crippen LogP contribution in [0.2, 0.25) is 0 Å². The number of anilines is 1. The minimum absolute atomic E-state index is 0.537. The lowest BCUT2D eigenvalue weighted by molar-refractivity contribution is 0.208. The van der Waals surface area contributed by atoms with Gasteiger partial charge in [-0.25, -0.2) is 4.98 Å². The predicted octanol–water partition coefficient (Wildman–Crippen LogP) is 3.75. The van der Waals surface area contributed by atoms with E-state index in [-0.39, 0.29) is 0 Å². The molecule has 1 aliphatic heterocycles. The van der Waals surface area contributed by atoms with Crippen LogP contribution in [0.25, 0.3) is 10.2 Å². The van der Waals surface area contributed by atoms with Crippen molar-refractivity contribution < 1.29 is 0 Å². The molecule has 1 aromatic carbocycles. The molecule has 1 aliphatic rings. The molecule has 4 heteroatoms. The number of nitrogens with one attached hydrogen (secondary N) is 1. The van der Waals surface area contributed by atoms with Crippen LogP contribution in [0.5, 0.6) is 0 Å². The van der Waals surface area contributed by atoms with Gasteiger partial charge in [-0.1, -0.05) is 0 Å². The average molecular weight is 289 g/mol. The van der Waals surface area contributed by atoms with Crippen molar-refractivity contribution in [3.63, 3.8) is 0 Å². The van der Waals surface area contributed by atoms with Crippen LogP contribution in [0.3, 0.4) is 0 Å². The molecule has 20 heavy (non-hydrogen) atoms. The molecule has 0 bridgehead atoms. The van der Waals surface area contributed by atoms with Gasteiger partial charge in [-0.3, -0.25) is 0 Å². The minimum Gasteiger partial charge on any atom is -0.382 e. The quantitative estimate of drug-likeness (QED) is 0.933. The number of hydrogen-bond acceptors (Lipinski definition) is 4. The van der Waals surface area contributed by atoms with E-state index in [9.17, 15) is 0 Å². The molecule has 1 unspecified atom stereocenters. The van der Waals surface area contributed by atoms with Crippen LogP contribution in [0.15, 0.2) is 18.2 Å². The van der Waals surface area contributed by atoms with E-state index in [4.69, 9.17) is 0 Å². The Morgan fingerprint density at radius 2 is 2.10 bits per heavy atom. The molecule has 1 saturated heterocycles. The highest BCUT2D eigenvalue weighted by atomic mass is 32.1. The summed E-state index contributed by atoms with van der Waals surface area (Å²) in [6.07, 6.45) is 2.60. The predicted molar refractivity (Wildman–Crippen MR) is 87.7 cm³/mol. The summed E-state index contributed by atoms with van der Waals surface area (Å²) in [6.45, 7) is 6.84. The molecule has 3 nitrogen and oxygen atoms in total. The Hall–Kier alpha value is -1.13. The fraction of sp³-hybridized carbons (Fsp3) is 0.562. The van der Waals surface area contributed by atoms with Gasteiger partial charge in [0.25, 0.3) is 0 Å². The van der Waals surface area contributed by atoms with E-state index < -0.39 is 0 Å². The number of thiazole rings is 1. The molecule has 2 aromatic rings. The van der Waals surface area contributed by atoms with Gasteiger partial charge in [-0.2, -0.15) is 0 Å². The molecular formula is C16H23N3S. The zero-order chi connectivity index (χ0) is 14.1. The summed E-state index contributed by atoms with van der Waals surface area (Å²) < 4.78 is 1.28. The number of piperidine rings is 1. The normalized spacial score (nSPS) is 19.4. The van der Waals surface area contributed by atoms with Crippen molar-refractivity contribution in [3.05, 3.63) is 23.2 Å². The van der Waals surface area contributed by atoms with Gasteiger partial charge in [0, 0.05) is 11.7 Å². The third-order valence-electron chi connectivity index (χ3n) is 4.36. The SMILES string of the molecule is Cc1nc2ccc(NC(C)C3CCN(C)CC3)cc2s1. The van der Waals surface area contributed by atoms with Crippen LogP contribution in [0.1, 0.15) is 24.8 Å². The Balaban J connectivity index is 1.68. The van der Waals surface area contributed by atoms with Gasteiger partial charge in [0.2, 0.25) is 0 Å². The molecule has 0 aliphatic carbocycles. The second-order valence-corrected chi connectivity index (χ2v) is 7.22. The third-order valence-corrected chi connectivity index (χ3v) is 5.29. The molecule has 108 valence electrons. The van der Waals surface area contributed by atoms with Crippen LogP contribution in [0.4, 0.5) is 5.69 Å². The molecule has 1 aromatic heterocycles. The number of rotatable bonds is 3. The first-order valence-electron chi connectivity index (χ1n) is 7.44. The van der Waals surface area contributed by atoms with Gasteiger partial charge in [-0.15, -0.1) is 11.3 Å².